The van der Waals surface area contributed by atoms with Crippen LogP contribution >= 0.6 is 7.82 Å². The van der Waals surface area contributed by atoms with Crippen LogP contribution in [-0.2, 0) is 27.9 Å². The number of unbranched alkanes of at least 4 members (excludes halogenated alkanes) is 14. The highest BCUT2D eigenvalue weighted by Crippen LogP contribution is 2.43. The van der Waals surface area contributed by atoms with Crippen LogP contribution in [0.3, 0.4) is 0 Å². The molecule has 9 heteroatoms. The van der Waals surface area contributed by atoms with E-state index in [4.69, 9.17) is 24.3 Å². The summed E-state index contributed by atoms with van der Waals surface area (Å²) in [4.78, 5) is 22.2. The first kappa shape index (κ1) is 51.5. The molecule has 0 aliphatic rings. The standard InChI is InChI=1S/C45H78NO7P/c1-3-5-7-9-11-13-15-17-19-21-22-23-24-26-28-30-32-34-36-38-45(47)51-42-44(43-53-54(48,49)52-41-39-46)50-40-37-35-33-31-29-27-25-20-18-16-14-12-10-8-6-4-2/h11,13-14,16-17,19,22-23,26,28,32,34,37,40,44H,3-10,12,15,18,20-21,24-25,27,29-31,33,35-36,38-39,41-43,46H2,1-2H3,(H,48,49)/b13-11-,16-14-,19-17-,23-22-,28-26-,34-32-,40-37-/t44-/m1/s1. The van der Waals surface area contributed by atoms with E-state index >= 15 is 0 Å². The molecule has 0 aromatic rings. The molecule has 0 aromatic carbocycles. The first-order chi connectivity index (χ1) is 26.4. The fourth-order valence-electron chi connectivity index (χ4n) is 5.19. The van der Waals surface area contributed by atoms with Gasteiger partial charge in [0.05, 0.1) is 19.5 Å². The number of allylic oxidation sites excluding steroid dienone is 13. The van der Waals surface area contributed by atoms with Crippen LogP contribution < -0.4 is 5.73 Å². The topological polar surface area (TPSA) is 117 Å². The van der Waals surface area contributed by atoms with Crippen LogP contribution in [0.2, 0.25) is 0 Å². The maximum Gasteiger partial charge on any atom is 0.472 e. The Morgan fingerprint density at radius 3 is 1.54 bits per heavy atom. The molecule has 0 aliphatic carbocycles. The molecule has 2 atom stereocenters. The largest absolute Gasteiger partial charge is 0.492 e. The molecule has 0 amide bonds. The molecule has 3 N–H and O–H groups in total. The Morgan fingerprint density at radius 2 is 1.00 bits per heavy atom. The molecule has 0 bridgehead atoms. The smallest absolute Gasteiger partial charge is 0.472 e. The lowest BCUT2D eigenvalue weighted by molar-refractivity contribution is -0.147. The lowest BCUT2D eigenvalue weighted by Gasteiger charge is -2.19. The highest BCUT2D eigenvalue weighted by Gasteiger charge is 2.24. The van der Waals surface area contributed by atoms with Crippen molar-refractivity contribution in [3.05, 3.63) is 85.3 Å². The SMILES string of the molecule is CCCCC/C=C\C/C=C\C/C=C\C/C=C\C/C=C\CCC(=O)OC[C@H](COP(=O)(O)OCCN)O/C=C\CCCCCCCC/C=C\CCCCCC. The van der Waals surface area contributed by atoms with Crippen LogP contribution in [0.4, 0.5) is 0 Å². The summed E-state index contributed by atoms with van der Waals surface area (Å²) in [7, 11) is -4.29. The van der Waals surface area contributed by atoms with E-state index in [2.05, 4.69) is 74.6 Å². The van der Waals surface area contributed by atoms with Crippen molar-refractivity contribution in [1.82, 2.24) is 0 Å². The van der Waals surface area contributed by atoms with E-state index in [-0.39, 0.29) is 38.8 Å². The zero-order valence-electron chi connectivity index (χ0n) is 34.2. The Labute approximate surface area is 330 Å². The monoisotopic (exact) mass is 776 g/mol. The average molecular weight is 776 g/mol. The molecule has 0 heterocycles. The second-order valence-electron chi connectivity index (χ2n) is 13.6. The maximum absolute atomic E-state index is 12.4. The third kappa shape index (κ3) is 40.7. The number of phosphoric ester groups is 1. The van der Waals surface area contributed by atoms with Crippen LogP contribution in [0.15, 0.2) is 85.3 Å². The minimum atomic E-state index is -4.29. The van der Waals surface area contributed by atoms with Crippen molar-refractivity contribution in [2.75, 3.05) is 26.4 Å². The third-order valence-electron chi connectivity index (χ3n) is 8.39. The molecular formula is C45H78NO7P. The fraction of sp³-hybridized carbons (Fsp3) is 0.667. The second kappa shape index (κ2) is 41.7. The maximum atomic E-state index is 12.4. The van der Waals surface area contributed by atoms with Crippen LogP contribution in [0, 0.1) is 0 Å². The molecule has 0 spiro atoms. The van der Waals surface area contributed by atoms with Crippen molar-refractivity contribution in [3.63, 3.8) is 0 Å². The predicted octanol–water partition coefficient (Wildman–Crippen LogP) is 12.9. The molecule has 0 saturated carbocycles. The molecule has 0 aromatic heterocycles. The first-order valence-corrected chi connectivity index (χ1v) is 22.6. The molecule has 0 aliphatic heterocycles. The summed E-state index contributed by atoms with van der Waals surface area (Å²) >= 11 is 0. The van der Waals surface area contributed by atoms with Crippen molar-refractivity contribution < 1.29 is 32.8 Å². The number of nitrogens with two attached hydrogens (primary N) is 1. The molecular weight excluding hydrogens is 697 g/mol. The molecule has 0 saturated heterocycles. The highest BCUT2D eigenvalue weighted by atomic mass is 31.2. The van der Waals surface area contributed by atoms with Crippen LogP contribution in [0.25, 0.3) is 0 Å². The number of hydrogen-bond acceptors (Lipinski definition) is 7. The Balaban J connectivity index is 4.25. The first-order valence-electron chi connectivity index (χ1n) is 21.1. The van der Waals surface area contributed by atoms with Crippen molar-refractivity contribution >= 4 is 13.8 Å². The van der Waals surface area contributed by atoms with E-state index in [1.165, 1.54) is 89.9 Å². The van der Waals surface area contributed by atoms with E-state index in [0.717, 1.165) is 44.9 Å². The predicted molar refractivity (Wildman–Crippen MR) is 228 cm³/mol. The van der Waals surface area contributed by atoms with Gasteiger partial charge in [0.25, 0.3) is 0 Å². The number of carbonyl (C=O) groups excluding carboxylic acids is 1. The lowest BCUT2D eigenvalue weighted by Crippen LogP contribution is -2.25. The van der Waals surface area contributed by atoms with Gasteiger partial charge in [-0.3, -0.25) is 13.8 Å². The zero-order valence-corrected chi connectivity index (χ0v) is 35.1. The Morgan fingerprint density at radius 1 is 0.574 bits per heavy atom. The molecule has 1 unspecified atom stereocenters. The van der Waals surface area contributed by atoms with Gasteiger partial charge in [-0.05, 0) is 89.5 Å². The van der Waals surface area contributed by atoms with Gasteiger partial charge in [0, 0.05) is 13.0 Å². The van der Waals surface area contributed by atoms with Gasteiger partial charge in [-0.1, -0.05) is 145 Å². The van der Waals surface area contributed by atoms with Crippen LogP contribution in [0.5, 0.6) is 0 Å². The van der Waals surface area contributed by atoms with E-state index in [0.29, 0.717) is 6.42 Å². The van der Waals surface area contributed by atoms with Gasteiger partial charge in [0.2, 0.25) is 0 Å². The van der Waals surface area contributed by atoms with Gasteiger partial charge in [-0.15, -0.1) is 0 Å². The second-order valence-corrected chi connectivity index (χ2v) is 15.0. The molecule has 8 nitrogen and oxygen atoms in total. The third-order valence-corrected chi connectivity index (χ3v) is 9.37. The Kier molecular flexibility index (Phi) is 39.8. The van der Waals surface area contributed by atoms with E-state index in [1.54, 1.807) is 6.26 Å². The molecule has 0 fully saturated rings. The number of phosphoric acid groups is 1. The quantitative estimate of drug-likeness (QED) is 0.0208. The number of ether oxygens (including phenoxy) is 2. The van der Waals surface area contributed by atoms with E-state index < -0.39 is 13.9 Å². The minimum absolute atomic E-state index is 0.0861. The normalized spacial score (nSPS) is 14.3. The van der Waals surface area contributed by atoms with Crippen molar-refractivity contribution in [2.45, 2.75) is 168 Å². The van der Waals surface area contributed by atoms with Gasteiger partial charge in [0.1, 0.15) is 6.61 Å². The van der Waals surface area contributed by atoms with Crippen LogP contribution in [0.1, 0.15) is 162 Å². The minimum Gasteiger partial charge on any atom is -0.492 e. The number of rotatable bonds is 39. The van der Waals surface area contributed by atoms with Gasteiger partial charge in [-0.2, -0.15) is 0 Å². The van der Waals surface area contributed by atoms with Crippen molar-refractivity contribution in [1.29, 1.82) is 0 Å². The Bertz CT molecular complexity index is 1100. The fourth-order valence-corrected chi connectivity index (χ4v) is 5.96. The molecule has 54 heavy (non-hydrogen) atoms. The van der Waals surface area contributed by atoms with E-state index in [1.807, 2.05) is 18.2 Å². The summed E-state index contributed by atoms with van der Waals surface area (Å²) in [5.41, 5.74) is 5.36. The zero-order chi connectivity index (χ0) is 39.5. The average Bonchev–Trinajstić information content (AvgIpc) is 3.16. The summed E-state index contributed by atoms with van der Waals surface area (Å²) in [6.07, 6.45) is 54.2. The molecule has 310 valence electrons. The number of carbonyl (C=O) groups is 1. The van der Waals surface area contributed by atoms with Gasteiger partial charge >= 0.3 is 13.8 Å². The van der Waals surface area contributed by atoms with Gasteiger partial charge < -0.3 is 20.1 Å². The van der Waals surface area contributed by atoms with Crippen molar-refractivity contribution in [2.24, 2.45) is 5.73 Å². The van der Waals surface area contributed by atoms with E-state index in [9.17, 15) is 14.3 Å². The lowest BCUT2D eigenvalue weighted by atomic mass is 10.1. The van der Waals surface area contributed by atoms with Crippen molar-refractivity contribution in [3.8, 4) is 0 Å². The highest BCUT2D eigenvalue weighted by molar-refractivity contribution is 7.47. The summed E-state index contributed by atoms with van der Waals surface area (Å²) in [5, 5.41) is 0. The summed E-state index contributed by atoms with van der Waals surface area (Å²) in [5.74, 6) is -0.375. The molecule has 0 radical (unpaired) electrons. The summed E-state index contributed by atoms with van der Waals surface area (Å²) in [6.45, 7) is 4.06. The summed E-state index contributed by atoms with van der Waals surface area (Å²) in [6, 6.07) is 0. The van der Waals surface area contributed by atoms with Gasteiger partial charge in [-0.25, -0.2) is 4.57 Å². The summed E-state index contributed by atoms with van der Waals surface area (Å²) < 4.78 is 33.1. The number of esters is 1. The van der Waals surface area contributed by atoms with Crippen LogP contribution in [-0.4, -0.2) is 43.3 Å². The van der Waals surface area contributed by atoms with Gasteiger partial charge in [0.15, 0.2) is 6.10 Å². The Hall–Kier alpha value is -2.48. The number of hydrogen-bond donors (Lipinski definition) is 2. The molecule has 0 rings (SSSR count).